The van der Waals surface area contributed by atoms with E-state index in [1.165, 1.54) is 10.5 Å². The second-order valence-electron chi connectivity index (χ2n) is 4.80. The molecular weight excluding hydrogens is 278 g/mol. The Morgan fingerprint density at radius 2 is 2.19 bits per heavy atom. The van der Waals surface area contributed by atoms with Gasteiger partial charge in [0.05, 0.1) is 0 Å². The summed E-state index contributed by atoms with van der Waals surface area (Å²) < 4.78 is 0. The molecule has 108 valence electrons. The summed E-state index contributed by atoms with van der Waals surface area (Å²) in [5, 5.41) is 12.3. The predicted octanol–water partition coefficient (Wildman–Crippen LogP) is 3.92. The number of thioether (sulfide) groups is 1. The monoisotopic (exact) mass is 297 g/mol. The van der Waals surface area contributed by atoms with Crippen molar-refractivity contribution < 1.29 is 0 Å². The highest BCUT2D eigenvalue weighted by molar-refractivity contribution is 7.98. The Morgan fingerprint density at radius 1 is 1.33 bits per heavy atom. The molecule has 0 aliphatic heterocycles. The van der Waals surface area contributed by atoms with Crippen LogP contribution in [0, 0.1) is 11.3 Å². The molecule has 1 heterocycles. The molecule has 1 unspecified atom stereocenters. The first-order valence-corrected chi connectivity index (χ1v) is 8.02. The smallest absolute Gasteiger partial charge is 0.140 e. The molecule has 0 fully saturated rings. The Labute approximate surface area is 130 Å². The van der Waals surface area contributed by atoms with Gasteiger partial charge >= 0.3 is 0 Å². The molecule has 0 aliphatic carbocycles. The van der Waals surface area contributed by atoms with E-state index in [1.54, 1.807) is 18.0 Å². The highest BCUT2D eigenvalue weighted by atomic mass is 32.2. The van der Waals surface area contributed by atoms with Crippen LogP contribution in [0.5, 0.6) is 0 Å². The van der Waals surface area contributed by atoms with Crippen LogP contribution < -0.4 is 5.32 Å². The fraction of sp³-hybridized carbons (Fsp3) is 0.294. The van der Waals surface area contributed by atoms with Gasteiger partial charge in [-0.05, 0) is 48.9 Å². The maximum absolute atomic E-state index is 8.87. The van der Waals surface area contributed by atoms with E-state index in [4.69, 9.17) is 5.26 Å². The summed E-state index contributed by atoms with van der Waals surface area (Å²) in [5.41, 5.74) is 2.90. The van der Waals surface area contributed by atoms with Crippen LogP contribution in [0.4, 0.5) is 0 Å². The fourth-order valence-corrected chi connectivity index (χ4v) is 3.00. The lowest BCUT2D eigenvalue weighted by Crippen LogP contribution is -2.17. The van der Waals surface area contributed by atoms with Gasteiger partial charge in [0.15, 0.2) is 0 Å². The predicted molar refractivity (Wildman–Crippen MR) is 87.0 cm³/mol. The number of nitrogens with zero attached hydrogens (tertiary/aromatic N) is 2. The van der Waals surface area contributed by atoms with Gasteiger partial charge in [-0.2, -0.15) is 5.26 Å². The number of benzene rings is 1. The van der Waals surface area contributed by atoms with Crippen LogP contribution in [0.15, 0.2) is 47.5 Å². The number of rotatable bonds is 6. The molecule has 0 saturated carbocycles. The summed E-state index contributed by atoms with van der Waals surface area (Å²) in [6.45, 7) is 5.26. The molecule has 21 heavy (non-hydrogen) atoms. The zero-order valence-electron chi connectivity index (χ0n) is 12.3. The zero-order valence-corrected chi connectivity index (χ0v) is 13.2. The summed E-state index contributed by atoms with van der Waals surface area (Å²) in [6.07, 6.45) is 1.69. The van der Waals surface area contributed by atoms with E-state index in [1.807, 2.05) is 12.1 Å². The van der Waals surface area contributed by atoms with Crippen LogP contribution in [-0.4, -0.2) is 11.5 Å². The third-order valence-corrected chi connectivity index (χ3v) is 4.28. The van der Waals surface area contributed by atoms with E-state index in [9.17, 15) is 0 Å². The van der Waals surface area contributed by atoms with Crippen molar-refractivity contribution in [2.24, 2.45) is 0 Å². The highest BCUT2D eigenvalue weighted by Crippen LogP contribution is 2.25. The maximum atomic E-state index is 8.87. The van der Waals surface area contributed by atoms with Crippen molar-refractivity contribution in [2.45, 2.75) is 30.5 Å². The van der Waals surface area contributed by atoms with Crippen LogP contribution in [0.1, 0.15) is 36.7 Å². The summed E-state index contributed by atoms with van der Waals surface area (Å²) in [6, 6.07) is 14.8. The van der Waals surface area contributed by atoms with Gasteiger partial charge in [-0.15, -0.1) is 11.8 Å². The number of aromatic nitrogens is 1. The maximum Gasteiger partial charge on any atom is 0.140 e. The lowest BCUT2D eigenvalue weighted by Gasteiger charge is -2.13. The van der Waals surface area contributed by atoms with E-state index < -0.39 is 0 Å². The Balaban J connectivity index is 2.03. The van der Waals surface area contributed by atoms with Gasteiger partial charge in [0.1, 0.15) is 11.8 Å². The number of nitriles is 1. The van der Waals surface area contributed by atoms with E-state index >= 15 is 0 Å². The molecule has 0 amide bonds. The van der Waals surface area contributed by atoms with Crippen molar-refractivity contribution in [3.63, 3.8) is 0 Å². The first kappa shape index (κ1) is 15.6. The van der Waals surface area contributed by atoms with E-state index in [0.29, 0.717) is 11.7 Å². The van der Waals surface area contributed by atoms with Crippen LogP contribution in [0.3, 0.4) is 0 Å². The first-order chi connectivity index (χ1) is 10.2. The van der Waals surface area contributed by atoms with Crippen molar-refractivity contribution in [3.05, 3.63) is 59.4 Å². The topological polar surface area (TPSA) is 48.7 Å². The Hall–Kier alpha value is -1.83. The first-order valence-electron chi connectivity index (χ1n) is 7.04. The number of hydrogen-bond donors (Lipinski definition) is 1. The van der Waals surface area contributed by atoms with Crippen molar-refractivity contribution in [1.29, 1.82) is 5.26 Å². The van der Waals surface area contributed by atoms with Gasteiger partial charge in [-0.3, -0.25) is 0 Å². The summed E-state index contributed by atoms with van der Waals surface area (Å²) in [4.78, 5) is 5.24. The molecule has 2 rings (SSSR count). The summed E-state index contributed by atoms with van der Waals surface area (Å²) in [7, 11) is 0. The molecule has 0 spiro atoms. The summed E-state index contributed by atoms with van der Waals surface area (Å²) in [5.74, 6) is 0.843. The van der Waals surface area contributed by atoms with E-state index in [-0.39, 0.29) is 0 Å². The summed E-state index contributed by atoms with van der Waals surface area (Å²) >= 11 is 1.78. The lowest BCUT2D eigenvalue weighted by atomic mass is 10.1. The minimum absolute atomic E-state index is 0.363. The molecule has 1 atom stereocenters. The molecule has 4 heteroatoms. The molecule has 0 bridgehead atoms. The Bertz CT molecular complexity index is 634. The molecular formula is C17H19N3S. The quantitative estimate of drug-likeness (QED) is 0.821. The minimum atomic E-state index is 0.363. The van der Waals surface area contributed by atoms with Crippen molar-refractivity contribution in [2.75, 3.05) is 6.54 Å². The second kappa shape index (κ2) is 7.82. The van der Waals surface area contributed by atoms with Gasteiger partial charge in [0.2, 0.25) is 0 Å². The number of hydrogen-bond acceptors (Lipinski definition) is 4. The molecule has 0 aliphatic rings. The Kier molecular flexibility index (Phi) is 5.79. The SMILES string of the molecule is CCNC(C)c1cccc(SCc2ccnc(C#N)c2)c1. The van der Waals surface area contributed by atoms with Gasteiger partial charge in [-0.1, -0.05) is 19.1 Å². The lowest BCUT2D eigenvalue weighted by molar-refractivity contribution is 0.597. The van der Waals surface area contributed by atoms with E-state index in [0.717, 1.165) is 17.9 Å². The molecule has 0 saturated heterocycles. The minimum Gasteiger partial charge on any atom is -0.310 e. The van der Waals surface area contributed by atoms with Crippen molar-refractivity contribution >= 4 is 11.8 Å². The van der Waals surface area contributed by atoms with Crippen LogP contribution in [0.25, 0.3) is 0 Å². The van der Waals surface area contributed by atoms with Gasteiger partial charge < -0.3 is 5.32 Å². The van der Waals surface area contributed by atoms with Crippen LogP contribution in [-0.2, 0) is 5.75 Å². The van der Waals surface area contributed by atoms with Crippen molar-refractivity contribution in [3.8, 4) is 6.07 Å². The molecule has 1 N–H and O–H groups in total. The van der Waals surface area contributed by atoms with Gasteiger partial charge in [0.25, 0.3) is 0 Å². The molecule has 1 aromatic carbocycles. The molecule has 3 nitrogen and oxygen atoms in total. The molecule has 2 aromatic rings. The van der Waals surface area contributed by atoms with E-state index in [2.05, 4.69) is 54.5 Å². The fourth-order valence-electron chi connectivity index (χ4n) is 2.09. The molecule has 1 aromatic heterocycles. The third kappa shape index (κ3) is 4.59. The van der Waals surface area contributed by atoms with Crippen LogP contribution in [0.2, 0.25) is 0 Å². The number of pyridine rings is 1. The highest BCUT2D eigenvalue weighted by Gasteiger charge is 2.05. The average molecular weight is 297 g/mol. The van der Waals surface area contributed by atoms with Gasteiger partial charge in [-0.25, -0.2) is 4.98 Å². The third-order valence-electron chi connectivity index (χ3n) is 3.21. The zero-order chi connectivity index (χ0) is 15.1. The standard InChI is InChI=1S/C17H19N3S/c1-3-19-13(2)15-5-4-6-17(10-15)21-12-14-7-8-20-16(9-14)11-18/h4-10,13,19H,3,12H2,1-2H3. The second-order valence-corrected chi connectivity index (χ2v) is 5.85. The number of nitrogens with one attached hydrogen (secondary N) is 1. The Morgan fingerprint density at radius 3 is 2.95 bits per heavy atom. The van der Waals surface area contributed by atoms with Crippen LogP contribution >= 0.6 is 11.8 Å². The normalized spacial score (nSPS) is 11.9. The average Bonchev–Trinajstić information content (AvgIpc) is 2.53. The van der Waals surface area contributed by atoms with Crippen molar-refractivity contribution in [1.82, 2.24) is 10.3 Å². The van der Waals surface area contributed by atoms with Gasteiger partial charge in [0, 0.05) is 22.9 Å². The molecule has 0 radical (unpaired) electrons. The largest absolute Gasteiger partial charge is 0.310 e.